The molecule has 3 heterocycles. The van der Waals surface area contributed by atoms with Gasteiger partial charge in [0.25, 0.3) is 5.91 Å². The molecule has 1 aliphatic carbocycles. The lowest BCUT2D eigenvalue weighted by atomic mass is 10.0. The summed E-state index contributed by atoms with van der Waals surface area (Å²) in [6, 6.07) is 8.97. The number of rotatable bonds is 4. The van der Waals surface area contributed by atoms with E-state index in [2.05, 4.69) is 39.0 Å². The van der Waals surface area contributed by atoms with Gasteiger partial charge in [-0.2, -0.15) is 10.1 Å². The fourth-order valence-electron chi connectivity index (χ4n) is 3.78. The van der Waals surface area contributed by atoms with E-state index in [9.17, 15) is 9.90 Å². The third-order valence-electron chi connectivity index (χ3n) is 5.19. The molecule has 0 saturated carbocycles. The predicted octanol–water partition coefficient (Wildman–Crippen LogP) is 2.43. The van der Waals surface area contributed by atoms with Crippen molar-refractivity contribution in [1.82, 2.24) is 25.4 Å². The molecule has 2 aliphatic rings. The van der Waals surface area contributed by atoms with E-state index >= 15 is 0 Å². The molecule has 150 valence electrons. The van der Waals surface area contributed by atoms with Gasteiger partial charge in [0.2, 0.25) is 5.88 Å². The van der Waals surface area contributed by atoms with Gasteiger partial charge in [0.15, 0.2) is 11.5 Å². The third-order valence-corrected chi connectivity index (χ3v) is 5.19. The third kappa shape index (κ3) is 2.96. The van der Waals surface area contributed by atoms with Gasteiger partial charge in [0, 0.05) is 11.6 Å². The number of carbonyl (C=O) groups is 1. The van der Waals surface area contributed by atoms with Gasteiger partial charge in [-0.1, -0.05) is 18.7 Å². The highest BCUT2D eigenvalue weighted by molar-refractivity contribution is 6.00. The first-order valence-corrected chi connectivity index (χ1v) is 9.37. The average Bonchev–Trinajstić information content (AvgIpc) is 3.46. The molecular formula is C21H18N6O3. The maximum absolute atomic E-state index is 12.9. The fourth-order valence-corrected chi connectivity index (χ4v) is 3.78. The van der Waals surface area contributed by atoms with Crippen LogP contribution < -0.4 is 10.8 Å². The first-order chi connectivity index (χ1) is 14.5. The Kier molecular flexibility index (Phi) is 4.02. The van der Waals surface area contributed by atoms with Crippen LogP contribution in [0, 0.1) is 0 Å². The molecule has 9 nitrogen and oxygen atoms in total. The molecule has 0 radical (unpaired) electrons. The summed E-state index contributed by atoms with van der Waals surface area (Å²) in [6.07, 6.45) is 3.16. The molecule has 2 aromatic heterocycles. The smallest absolute Gasteiger partial charge is 0.270 e. The van der Waals surface area contributed by atoms with Crippen LogP contribution in [-0.4, -0.2) is 31.4 Å². The standard InChI is InChI=1S/C21H18N6O3/c1-11(28)18-10-17(24-19-7-8-22-27(18)19)21(29)25-16-6-4-13-9-14(3-5-15(13)16)20-23-12(2)30-26-20/h3,5,7-10,16,28H,1-2,4,6H2,(H,23,26)(H,25,29)/t16-/m0/s1. The molecule has 9 heteroatoms. The lowest BCUT2D eigenvalue weighted by Gasteiger charge is -2.15. The van der Waals surface area contributed by atoms with Crippen LogP contribution in [-0.2, 0) is 11.3 Å². The lowest BCUT2D eigenvalue weighted by Crippen LogP contribution is -2.28. The average molecular weight is 402 g/mol. The van der Waals surface area contributed by atoms with Crippen LogP contribution in [0.2, 0.25) is 0 Å². The molecule has 1 aromatic carbocycles. The van der Waals surface area contributed by atoms with Crippen molar-refractivity contribution in [2.75, 3.05) is 0 Å². The van der Waals surface area contributed by atoms with Crippen LogP contribution in [0.5, 0.6) is 0 Å². The van der Waals surface area contributed by atoms with E-state index in [0.29, 0.717) is 23.1 Å². The van der Waals surface area contributed by atoms with Gasteiger partial charge in [-0.25, -0.2) is 15.0 Å². The second-order valence-electron chi connectivity index (χ2n) is 7.11. The number of hydrogen-bond acceptors (Lipinski definition) is 7. The molecule has 0 saturated heterocycles. The number of hydroxylamine groups is 1. The quantitative estimate of drug-likeness (QED) is 0.578. The number of benzene rings is 1. The Labute approximate surface area is 171 Å². The normalized spacial score (nSPS) is 17.3. The summed E-state index contributed by atoms with van der Waals surface area (Å²) < 4.78 is 1.43. The number of amides is 1. The van der Waals surface area contributed by atoms with Crippen LogP contribution in [0.25, 0.3) is 11.4 Å². The number of aliphatic imine (C=N–C) groups is 1. The summed E-state index contributed by atoms with van der Waals surface area (Å²) in [5.74, 6) is 0.428. The first kappa shape index (κ1) is 17.9. The van der Waals surface area contributed by atoms with Crippen molar-refractivity contribution in [3.05, 3.63) is 83.6 Å². The minimum absolute atomic E-state index is 0.130. The van der Waals surface area contributed by atoms with Gasteiger partial charge in [-0.05, 0) is 42.7 Å². The Balaban J connectivity index is 1.40. The molecule has 1 aliphatic heterocycles. The Morgan fingerprint density at radius 2 is 2.20 bits per heavy atom. The van der Waals surface area contributed by atoms with Crippen molar-refractivity contribution >= 4 is 23.1 Å². The molecule has 30 heavy (non-hydrogen) atoms. The summed E-state index contributed by atoms with van der Waals surface area (Å²) in [5.41, 5.74) is 6.81. The summed E-state index contributed by atoms with van der Waals surface area (Å²) in [6.45, 7) is 7.20. The van der Waals surface area contributed by atoms with Gasteiger partial charge < -0.3 is 15.3 Å². The van der Waals surface area contributed by atoms with E-state index in [0.717, 1.165) is 29.5 Å². The molecule has 3 N–H and O–H groups in total. The van der Waals surface area contributed by atoms with Gasteiger partial charge in [-0.3, -0.25) is 4.79 Å². The highest BCUT2D eigenvalue weighted by Crippen LogP contribution is 2.32. The Hall–Kier alpha value is -4.14. The van der Waals surface area contributed by atoms with Gasteiger partial charge in [-0.15, -0.1) is 0 Å². The largest absolute Gasteiger partial charge is 0.506 e. The van der Waals surface area contributed by atoms with E-state index in [1.54, 1.807) is 12.3 Å². The first-order valence-electron chi connectivity index (χ1n) is 9.37. The molecule has 3 aromatic rings. The molecule has 0 unspecified atom stereocenters. The number of nitrogens with zero attached hydrogens (tertiary/aromatic N) is 4. The number of hydrogen-bond donors (Lipinski definition) is 3. The van der Waals surface area contributed by atoms with Crippen LogP contribution >= 0.6 is 0 Å². The molecule has 5 rings (SSSR count). The van der Waals surface area contributed by atoms with Gasteiger partial charge in [0.1, 0.15) is 17.1 Å². The van der Waals surface area contributed by atoms with Crippen molar-refractivity contribution in [3.8, 4) is 0 Å². The van der Waals surface area contributed by atoms with Crippen molar-refractivity contribution in [2.45, 2.75) is 18.9 Å². The number of fused-ring (bicyclic) bond motifs is 2. The van der Waals surface area contributed by atoms with Crippen molar-refractivity contribution in [3.63, 3.8) is 0 Å². The van der Waals surface area contributed by atoms with Crippen molar-refractivity contribution < 1.29 is 14.7 Å². The summed E-state index contributed by atoms with van der Waals surface area (Å²) in [7, 11) is 0. The number of aromatic nitrogens is 3. The zero-order valence-corrected chi connectivity index (χ0v) is 15.9. The number of amidine groups is 1. The van der Waals surface area contributed by atoms with E-state index < -0.39 is 0 Å². The van der Waals surface area contributed by atoms with Gasteiger partial charge >= 0.3 is 0 Å². The highest BCUT2D eigenvalue weighted by atomic mass is 16.7. The molecule has 0 bridgehead atoms. The number of aliphatic hydroxyl groups is 1. The van der Waals surface area contributed by atoms with E-state index in [-0.39, 0.29) is 23.4 Å². The summed E-state index contributed by atoms with van der Waals surface area (Å²) in [4.78, 5) is 26.5. The zero-order valence-electron chi connectivity index (χ0n) is 15.9. The molecule has 1 amide bonds. The minimum atomic E-state index is -0.324. The lowest BCUT2D eigenvalue weighted by molar-refractivity contribution is 0.0931. The van der Waals surface area contributed by atoms with Crippen LogP contribution in [0.4, 0.5) is 0 Å². The number of aliphatic hydroxyl groups excluding tert-OH is 1. The second-order valence-corrected chi connectivity index (χ2v) is 7.11. The highest BCUT2D eigenvalue weighted by Gasteiger charge is 2.26. The fraction of sp³-hybridized carbons (Fsp3) is 0.143. The zero-order chi connectivity index (χ0) is 20.8. The summed E-state index contributed by atoms with van der Waals surface area (Å²) >= 11 is 0. The monoisotopic (exact) mass is 402 g/mol. The number of nitrogens with one attached hydrogen (secondary N) is 2. The van der Waals surface area contributed by atoms with E-state index in [4.69, 9.17) is 4.84 Å². The van der Waals surface area contributed by atoms with Crippen molar-refractivity contribution in [1.29, 1.82) is 0 Å². The Morgan fingerprint density at radius 1 is 1.33 bits per heavy atom. The maximum Gasteiger partial charge on any atom is 0.270 e. The van der Waals surface area contributed by atoms with Gasteiger partial charge in [0.05, 0.1) is 12.2 Å². The van der Waals surface area contributed by atoms with Crippen molar-refractivity contribution in [2.24, 2.45) is 4.99 Å². The predicted molar refractivity (Wildman–Crippen MR) is 110 cm³/mol. The molecule has 0 fully saturated rings. The Bertz CT molecular complexity index is 1260. The topological polar surface area (TPSA) is 113 Å². The second kappa shape index (κ2) is 6.73. The molecule has 1 atom stereocenters. The van der Waals surface area contributed by atoms with Crippen LogP contribution in [0.15, 0.2) is 60.6 Å². The summed E-state index contributed by atoms with van der Waals surface area (Å²) in [5, 5.41) is 17.0. The van der Waals surface area contributed by atoms with E-state index in [1.807, 2.05) is 18.2 Å². The number of aryl methyl sites for hydroxylation is 1. The minimum Gasteiger partial charge on any atom is -0.506 e. The maximum atomic E-state index is 12.9. The molecule has 0 spiro atoms. The van der Waals surface area contributed by atoms with E-state index in [1.165, 1.54) is 10.6 Å². The SMILES string of the molecule is C=C1N=C(c2ccc3c(c2)CC[C@@H]3NC(=O)c2cc(C(=C)O)n3nccc3n2)NO1. The number of carbonyl (C=O) groups excluding carboxylic acids is 1. The molecular weight excluding hydrogens is 384 g/mol. The van der Waals surface area contributed by atoms with Crippen LogP contribution in [0.1, 0.15) is 45.3 Å². The van der Waals surface area contributed by atoms with Crippen LogP contribution in [0.3, 0.4) is 0 Å². The Morgan fingerprint density at radius 3 is 2.97 bits per heavy atom.